The first-order chi connectivity index (χ1) is 16.8. The molecule has 0 aromatic heterocycles. The minimum Gasteiger partial charge on any atom is -0.482 e. The van der Waals surface area contributed by atoms with E-state index < -0.39 is 16.7 Å². The van der Waals surface area contributed by atoms with E-state index in [1.807, 2.05) is 30.3 Å². The molecule has 35 heavy (non-hydrogen) atoms. The van der Waals surface area contributed by atoms with Gasteiger partial charge in [-0.1, -0.05) is 53.5 Å². The Balaban J connectivity index is 1.49. The van der Waals surface area contributed by atoms with Gasteiger partial charge in [-0.15, -0.1) is 0 Å². The molecule has 0 aliphatic rings. The summed E-state index contributed by atoms with van der Waals surface area (Å²) in [6.07, 6.45) is 1.25. The van der Waals surface area contributed by atoms with E-state index in [1.165, 1.54) is 36.5 Å². The number of nitrogens with zero attached hydrogens (tertiary/aromatic N) is 2. The van der Waals surface area contributed by atoms with Crippen LogP contribution in [0.15, 0.2) is 71.8 Å². The fourth-order valence-corrected chi connectivity index (χ4v) is 3.18. The van der Waals surface area contributed by atoms with E-state index in [0.29, 0.717) is 16.1 Å². The van der Waals surface area contributed by atoms with E-state index in [4.69, 9.17) is 27.9 Å². The Hall–Kier alpha value is -3.95. The van der Waals surface area contributed by atoms with E-state index >= 15 is 0 Å². The van der Waals surface area contributed by atoms with Crippen LogP contribution in [0.2, 0.25) is 10.0 Å². The van der Waals surface area contributed by atoms with Crippen molar-refractivity contribution in [1.29, 1.82) is 0 Å². The van der Waals surface area contributed by atoms with Gasteiger partial charge in [-0.2, -0.15) is 5.10 Å². The summed E-state index contributed by atoms with van der Waals surface area (Å²) in [5, 5.41) is 18.4. The van der Waals surface area contributed by atoms with E-state index in [2.05, 4.69) is 15.8 Å². The highest BCUT2D eigenvalue weighted by atomic mass is 35.5. The van der Waals surface area contributed by atoms with Gasteiger partial charge in [0, 0.05) is 30.2 Å². The van der Waals surface area contributed by atoms with Crippen molar-refractivity contribution in [3.05, 3.63) is 104 Å². The molecule has 0 unspecified atom stereocenters. The normalized spacial score (nSPS) is 10.7. The summed E-state index contributed by atoms with van der Waals surface area (Å²) in [6.45, 7) is 0.256. The van der Waals surface area contributed by atoms with Crippen molar-refractivity contribution in [2.45, 2.75) is 13.0 Å². The van der Waals surface area contributed by atoms with Gasteiger partial charge in [-0.05, 0) is 35.9 Å². The minimum absolute atomic E-state index is 0.0309. The van der Waals surface area contributed by atoms with Gasteiger partial charge in [-0.3, -0.25) is 19.7 Å². The Morgan fingerprint density at radius 3 is 2.51 bits per heavy atom. The fraction of sp³-hybridized carbons (Fsp3) is 0.125. The summed E-state index contributed by atoms with van der Waals surface area (Å²) in [6, 6.07) is 18.1. The van der Waals surface area contributed by atoms with Crippen molar-refractivity contribution in [2.75, 3.05) is 6.54 Å². The molecule has 3 aromatic carbocycles. The molecule has 0 aliphatic carbocycles. The van der Waals surface area contributed by atoms with E-state index in [1.54, 1.807) is 6.07 Å². The summed E-state index contributed by atoms with van der Waals surface area (Å²) >= 11 is 11.7. The first-order valence-corrected chi connectivity index (χ1v) is 11.1. The van der Waals surface area contributed by atoms with Crippen LogP contribution in [0.3, 0.4) is 0 Å². The molecule has 0 aliphatic heterocycles. The van der Waals surface area contributed by atoms with E-state index in [-0.39, 0.29) is 36.0 Å². The zero-order valence-corrected chi connectivity index (χ0v) is 19.8. The number of hydrogen-bond acceptors (Lipinski definition) is 6. The van der Waals surface area contributed by atoms with E-state index in [0.717, 1.165) is 5.56 Å². The van der Waals surface area contributed by atoms with Gasteiger partial charge in [0.05, 0.1) is 21.2 Å². The molecule has 0 saturated heterocycles. The second-order valence-electron chi connectivity index (χ2n) is 7.19. The van der Waals surface area contributed by atoms with Gasteiger partial charge in [0.25, 0.3) is 5.91 Å². The maximum absolute atomic E-state index is 12.1. The molecule has 3 rings (SSSR count). The van der Waals surface area contributed by atoms with Crippen LogP contribution in [0.4, 0.5) is 5.69 Å². The molecule has 2 amide bonds. The molecule has 3 aromatic rings. The highest BCUT2D eigenvalue weighted by molar-refractivity contribution is 6.42. The van der Waals surface area contributed by atoms with Crippen molar-refractivity contribution in [1.82, 2.24) is 10.7 Å². The Morgan fingerprint density at radius 2 is 1.80 bits per heavy atom. The van der Waals surface area contributed by atoms with Crippen LogP contribution in [0.1, 0.15) is 27.9 Å². The zero-order chi connectivity index (χ0) is 25.2. The Kier molecular flexibility index (Phi) is 9.16. The topological polar surface area (TPSA) is 123 Å². The van der Waals surface area contributed by atoms with Gasteiger partial charge in [0.2, 0.25) is 5.91 Å². The van der Waals surface area contributed by atoms with Gasteiger partial charge >= 0.3 is 5.69 Å². The lowest BCUT2D eigenvalue weighted by Gasteiger charge is -2.07. The predicted molar refractivity (Wildman–Crippen MR) is 133 cm³/mol. The number of rotatable bonds is 10. The van der Waals surface area contributed by atoms with Gasteiger partial charge in [-0.25, -0.2) is 5.43 Å². The van der Waals surface area contributed by atoms with Crippen LogP contribution in [-0.2, 0) is 11.4 Å². The van der Waals surface area contributed by atoms with Crippen molar-refractivity contribution in [3.63, 3.8) is 0 Å². The number of carbonyl (C=O) groups is 2. The molecule has 0 fully saturated rings. The number of nitro benzene ring substituents is 1. The number of hydrogen-bond donors (Lipinski definition) is 2. The number of ether oxygens (including phenoxy) is 1. The van der Waals surface area contributed by atoms with Crippen molar-refractivity contribution in [2.24, 2.45) is 5.10 Å². The number of benzene rings is 3. The molecule has 0 saturated carbocycles. The first kappa shape index (κ1) is 25.7. The lowest BCUT2D eigenvalue weighted by molar-refractivity contribution is -0.385. The maximum atomic E-state index is 12.1. The van der Waals surface area contributed by atoms with Crippen LogP contribution in [0, 0.1) is 10.1 Å². The second-order valence-corrected chi connectivity index (χ2v) is 8.00. The monoisotopic (exact) mass is 514 g/mol. The number of hydrazone groups is 1. The van der Waals surface area contributed by atoms with Crippen molar-refractivity contribution >= 4 is 46.9 Å². The number of carbonyl (C=O) groups excluding carboxylic acids is 2. The van der Waals surface area contributed by atoms with E-state index in [9.17, 15) is 19.7 Å². The Labute approximate surface area is 210 Å². The average Bonchev–Trinajstić information content (AvgIpc) is 2.85. The first-order valence-electron chi connectivity index (χ1n) is 10.3. The zero-order valence-electron chi connectivity index (χ0n) is 18.2. The molecule has 11 heteroatoms. The molecule has 0 radical (unpaired) electrons. The average molecular weight is 515 g/mol. The number of nitro groups is 1. The standard InChI is InChI=1S/C24H20Cl2N4O5/c25-19-8-7-18(13-20(19)26)24(32)27-11-10-23(31)29-28-14-17-6-9-22(21(12-17)30(33)34)35-15-16-4-2-1-3-5-16/h1-9,12-14H,10-11,15H2,(H,27,32)(H,29,31). The highest BCUT2D eigenvalue weighted by Crippen LogP contribution is 2.28. The molecule has 0 atom stereocenters. The summed E-state index contributed by atoms with van der Waals surface area (Å²) in [5.41, 5.74) is 3.68. The number of halogens is 2. The lowest BCUT2D eigenvalue weighted by atomic mass is 10.2. The smallest absolute Gasteiger partial charge is 0.311 e. The predicted octanol–water partition coefficient (Wildman–Crippen LogP) is 4.75. The van der Waals surface area contributed by atoms with Crippen LogP contribution >= 0.6 is 23.2 Å². The Morgan fingerprint density at radius 1 is 1.03 bits per heavy atom. The largest absolute Gasteiger partial charge is 0.482 e. The van der Waals surface area contributed by atoms with Crippen molar-refractivity contribution in [3.8, 4) is 5.75 Å². The molecule has 0 heterocycles. The molecule has 180 valence electrons. The van der Waals surface area contributed by atoms with Crippen LogP contribution in [0.25, 0.3) is 0 Å². The SMILES string of the molecule is O=C(CCNC(=O)c1ccc(Cl)c(Cl)c1)NN=Cc1ccc(OCc2ccccc2)c([N+](=O)[O-])c1. The molecule has 0 bridgehead atoms. The van der Waals surface area contributed by atoms with Gasteiger partial charge < -0.3 is 10.1 Å². The lowest BCUT2D eigenvalue weighted by Crippen LogP contribution is -2.29. The fourth-order valence-electron chi connectivity index (χ4n) is 2.88. The third-order valence-electron chi connectivity index (χ3n) is 4.64. The Bertz CT molecular complexity index is 1250. The minimum atomic E-state index is -0.549. The van der Waals surface area contributed by atoms with Gasteiger partial charge in [0.15, 0.2) is 5.75 Å². The summed E-state index contributed by atoms with van der Waals surface area (Å²) in [7, 11) is 0. The molecular weight excluding hydrogens is 495 g/mol. The molecule has 0 spiro atoms. The molecular formula is C24H20Cl2N4O5. The summed E-state index contributed by atoms with van der Waals surface area (Å²) in [4.78, 5) is 34.9. The summed E-state index contributed by atoms with van der Waals surface area (Å²) in [5.74, 6) is -0.729. The quantitative estimate of drug-likeness (QED) is 0.229. The van der Waals surface area contributed by atoms with Crippen molar-refractivity contribution < 1.29 is 19.2 Å². The third kappa shape index (κ3) is 7.80. The number of nitrogens with one attached hydrogen (secondary N) is 2. The van der Waals surface area contributed by atoms with Crippen LogP contribution in [0.5, 0.6) is 5.75 Å². The van der Waals surface area contributed by atoms with Crippen LogP contribution < -0.4 is 15.5 Å². The van der Waals surface area contributed by atoms with Crippen LogP contribution in [-0.4, -0.2) is 29.5 Å². The third-order valence-corrected chi connectivity index (χ3v) is 5.38. The van der Waals surface area contributed by atoms with Gasteiger partial charge in [0.1, 0.15) is 6.61 Å². The molecule has 9 nitrogen and oxygen atoms in total. The number of amides is 2. The molecule has 2 N–H and O–H groups in total. The second kappa shape index (κ2) is 12.5. The maximum Gasteiger partial charge on any atom is 0.311 e. The highest BCUT2D eigenvalue weighted by Gasteiger charge is 2.16. The summed E-state index contributed by atoms with van der Waals surface area (Å²) < 4.78 is 5.59.